The molecule has 404 valence electrons. The van der Waals surface area contributed by atoms with Crippen LogP contribution in [0.2, 0.25) is 0 Å². The SMILES string of the molecule is COc1cc2nccc(Oc3ccc(N)cc3F)c2cc1OC.COc1cc2nccc(Oc3ccc(NC(=O)CC(Nc4ccccc4)C(F)(F)F)cc3F)c2cc1OC.O=C(O)CC(Nc1ccccc1)C(F)(F)F. The van der Waals surface area contributed by atoms with Crippen LogP contribution in [0, 0.1) is 11.6 Å². The number of aliphatic carboxylic acids is 1. The monoisotopic (exact) mass is 1080 g/mol. The summed E-state index contributed by atoms with van der Waals surface area (Å²) in [5.74, 6) is -1.15. The number of anilines is 4. The Kier molecular flexibility index (Phi) is 19.1. The smallest absolute Gasteiger partial charge is 0.409 e. The molecule has 2 unspecified atom stereocenters. The van der Waals surface area contributed by atoms with Crippen LogP contribution in [0.15, 0.2) is 146 Å². The highest BCUT2D eigenvalue weighted by atomic mass is 19.4. The van der Waals surface area contributed by atoms with Gasteiger partial charge in [-0.05, 0) is 72.8 Å². The molecule has 8 aromatic rings. The number of hydrogen-bond donors (Lipinski definition) is 5. The highest BCUT2D eigenvalue weighted by molar-refractivity contribution is 5.92. The van der Waals surface area contributed by atoms with Crippen LogP contribution >= 0.6 is 0 Å². The van der Waals surface area contributed by atoms with Gasteiger partial charge in [0.25, 0.3) is 0 Å². The molecule has 77 heavy (non-hydrogen) atoms. The number of benzene rings is 6. The highest BCUT2D eigenvalue weighted by Gasteiger charge is 2.42. The molecular formula is C54H48F8N6O9. The minimum atomic E-state index is -4.68. The third-order valence-corrected chi connectivity index (χ3v) is 10.8. The number of fused-ring (bicyclic) bond motifs is 2. The number of ether oxygens (including phenoxy) is 6. The predicted molar refractivity (Wildman–Crippen MR) is 272 cm³/mol. The Morgan fingerprint density at radius 3 is 1.34 bits per heavy atom. The molecule has 6 aromatic carbocycles. The van der Waals surface area contributed by atoms with E-state index in [9.17, 15) is 44.7 Å². The van der Waals surface area contributed by atoms with Crippen molar-refractivity contribution in [2.24, 2.45) is 0 Å². The first-order valence-electron chi connectivity index (χ1n) is 22.7. The standard InChI is InChI=1S/C27H23F4N3O4.C17H15FN2O3.C10H10F3NO2/c1-36-23-13-18-20(14-24(23)37-2)32-11-10-21(18)38-22-9-8-17(12-19(22)28)34-26(35)15-25(27(29,30)31)33-16-6-4-3-5-7-16;1-21-16-8-11-13(9-17(16)22-2)20-6-5-14(11)23-15-4-3-10(19)7-12(15)18;11-10(12,13)8(6-9(15)16)14-7-4-2-1-3-5-7/h3-14,25,33H,15H2,1-2H3,(H,34,35);3-9H,19H2,1-2H3;1-5,8,14H,6H2,(H,15,16). The van der Waals surface area contributed by atoms with E-state index in [1.54, 1.807) is 99.3 Å². The molecule has 15 nitrogen and oxygen atoms in total. The van der Waals surface area contributed by atoms with Crippen LogP contribution in [-0.4, -0.2) is 79.8 Å². The number of methoxy groups -OCH3 is 4. The lowest BCUT2D eigenvalue weighted by molar-refractivity contribution is -0.157. The van der Waals surface area contributed by atoms with Crippen molar-refractivity contribution in [3.8, 4) is 46.0 Å². The third kappa shape index (κ3) is 15.9. The molecule has 0 aliphatic carbocycles. The number of carbonyl (C=O) groups excluding carboxylic acids is 1. The number of hydrogen-bond acceptors (Lipinski definition) is 13. The van der Waals surface area contributed by atoms with Crippen LogP contribution in [0.5, 0.6) is 46.0 Å². The van der Waals surface area contributed by atoms with Gasteiger partial charge in [0.2, 0.25) is 5.91 Å². The molecule has 2 heterocycles. The van der Waals surface area contributed by atoms with Gasteiger partial charge in [-0.3, -0.25) is 19.6 Å². The summed E-state index contributed by atoms with van der Waals surface area (Å²) in [4.78, 5) is 31.2. The Hall–Kier alpha value is -9.28. The zero-order valence-electron chi connectivity index (χ0n) is 41.1. The first-order valence-corrected chi connectivity index (χ1v) is 22.7. The average molecular weight is 1080 g/mol. The number of rotatable bonds is 17. The van der Waals surface area contributed by atoms with E-state index < -0.39 is 60.8 Å². The molecule has 0 bridgehead atoms. The molecule has 0 aliphatic heterocycles. The lowest BCUT2D eigenvalue weighted by atomic mass is 10.1. The van der Waals surface area contributed by atoms with Gasteiger partial charge in [-0.25, -0.2) is 8.78 Å². The predicted octanol–water partition coefficient (Wildman–Crippen LogP) is 12.8. The summed E-state index contributed by atoms with van der Waals surface area (Å²) < 4.78 is 139. The van der Waals surface area contributed by atoms with Gasteiger partial charge in [0.1, 0.15) is 23.6 Å². The number of nitrogen functional groups attached to an aromatic ring is 1. The second-order valence-electron chi connectivity index (χ2n) is 16.2. The number of aromatic nitrogens is 2. The van der Waals surface area contributed by atoms with Gasteiger partial charge in [-0.2, -0.15) is 26.3 Å². The summed E-state index contributed by atoms with van der Waals surface area (Å²) in [7, 11) is 6.05. The van der Waals surface area contributed by atoms with Gasteiger partial charge in [0.05, 0.1) is 52.3 Å². The number of nitrogens with two attached hydrogens (primary N) is 1. The number of para-hydroxylation sites is 2. The summed E-state index contributed by atoms with van der Waals surface area (Å²) in [5, 5.41) is 16.4. The molecule has 0 saturated carbocycles. The van der Waals surface area contributed by atoms with Crippen LogP contribution in [-0.2, 0) is 9.59 Å². The topological polar surface area (TPSA) is 198 Å². The molecule has 0 fully saturated rings. The van der Waals surface area contributed by atoms with Gasteiger partial charge in [-0.15, -0.1) is 0 Å². The summed E-state index contributed by atoms with van der Waals surface area (Å²) in [6, 6.07) is 29.0. The van der Waals surface area contributed by atoms with E-state index in [1.807, 2.05) is 0 Å². The quantitative estimate of drug-likeness (QED) is 0.0426. The van der Waals surface area contributed by atoms with E-state index in [2.05, 4.69) is 25.9 Å². The summed E-state index contributed by atoms with van der Waals surface area (Å²) in [5.41, 5.74) is 7.49. The molecule has 8 rings (SSSR count). The number of carboxylic acids is 1. The van der Waals surface area contributed by atoms with Gasteiger partial charge in [0, 0.05) is 70.2 Å². The van der Waals surface area contributed by atoms with E-state index >= 15 is 0 Å². The summed E-state index contributed by atoms with van der Waals surface area (Å²) in [6.07, 6.45) is -8.12. The molecule has 2 aromatic heterocycles. The number of halogens is 8. The van der Waals surface area contributed by atoms with E-state index in [1.165, 1.54) is 68.9 Å². The maximum Gasteiger partial charge on any atom is 0.409 e. The van der Waals surface area contributed by atoms with Crippen molar-refractivity contribution in [1.82, 2.24) is 9.97 Å². The molecule has 6 N–H and O–H groups in total. The van der Waals surface area contributed by atoms with Crippen molar-refractivity contribution in [2.75, 3.05) is 50.1 Å². The Labute approximate surface area is 434 Å². The zero-order chi connectivity index (χ0) is 55.9. The second kappa shape index (κ2) is 25.8. The molecule has 0 saturated heterocycles. The molecule has 2 atom stereocenters. The van der Waals surface area contributed by atoms with Crippen LogP contribution in [0.1, 0.15) is 12.8 Å². The maximum absolute atomic E-state index is 14.9. The van der Waals surface area contributed by atoms with E-state index in [4.69, 9.17) is 39.3 Å². The van der Waals surface area contributed by atoms with Crippen molar-refractivity contribution in [3.05, 3.63) is 157 Å². The Morgan fingerprint density at radius 1 is 0.519 bits per heavy atom. The first kappa shape index (κ1) is 57.0. The van der Waals surface area contributed by atoms with Crippen LogP contribution in [0.4, 0.5) is 57.9 Å². The van der Waals surface area contributed by atoms with Crippen molar-refractivity contribution in [2.45, 2.75) is 37.3 Å². The van der Waals surface area contributed by atoms with Gasteiger partial charge >= 0.3 is 18.3 Å². The molecule has 1 amide bonds. The molecule has 0 spiro atoms. The van der Waals surface area contributed by atoms with Gasteiger partial charge in [0.15, 0.2) is 46.1 Å². The lowest BCUT2D eigenvalue weighted by Crippen LogP contribution is -2.39. The maximum atomic E-state index is 14.9. The fraction of sp³-hybridized carbons (Fsp3) is 0.185. The Morgan fingerprint density at radius 2 is 0.935 bits per heavy atom. The minimum absolute atomic E-state index is 0.0218. The normalized spacial score (nSPS) is 11.8. The fourth-order valence-corrected chi connectivity index (χ4v) is 7.11. The number of carboxylic acid groups (broad SMARTS) is 1. The van der Waals surface area contributed by atoms with Crippen molar-refractivity contribution >= 4 is 56.4 Å². The van der Waals surface area contributed by atoms with Gasteiger partial charge in [-0.1, -0.05) is 36.4 Å². The number of carbonyl (C=O) groups is 2. The number of amides is 1. The Bertz CT molecular complexity index is 3280. The van der Waals surface area contributed by atoms with Crippen LogP contribution in [0.25, 0.3) is 21.8 Å². The fourth-order valence-electron chi connectivity index (χ4n) is 7.11. The lowest BCUT2D eigenvalue weighted by Gasteiger charge is -2.22. The van der Waals surface area contributed by atoms with Crippen molar-refractivity contribution in [1.29, 1.82) is 0 Å². The Balaban J connectivity index is 0.000000208. The van der Waals surface area contributed by atoms with E-state index in [-0.39, 0.29) is 34.3 Å². The third-order valence-electron chi connectivity index (χ3n) is 10.8. The summed E-state index contributed by atoms with van der Waals surface area (Å²) >= 11 is 0. The average Bonchev–Trinajstić information content (AvgIpc) is 3.40. The van der Waals surface area contributed by atoms with E-state index in [0.717, 1.165) is 6.07 Å². The zero-order valence-corrected chi connectivity index (χ0v) is 41.1. The minimum Gasteiger partial charge on any atom is -0.493 e. The van der Waals surface area contributed by atoms with Crippen molar-refractivity contribution < 1.29 is 78.2 Å². The summed E-state index contributed by atoms with van der Waals surface area (Å²) in [6.45, 7) is 0. The number of nitrogens with one attached hydrogen (secondary N) is 3. The number of alkyl halides is 6. The first-order chi connectivity index (χ1) is 36.7. The highest BCUT2D eigenvalue weighted by Crippen LogP contribution is 2.40. The molecule has 23 heteroatoms. The second-order valence-corrected chi connectivity index (χ2v) is 16.2. The van der Waals surface area contributed by atoms with Crippen LogP contribution in [0.3, 0.4) is 0 Å². The number of nitrogens with zero attached hydrogens (tertiary/aromatic N) is 2. The number of pyridine rings is 2. The molecule has 0 radical (unpaired) electrons. The van der Waals surface area contributed by atoms with Crippen LogP contribution < -0.4 is 50.1 Å². The van der Waals surface area contributed by atoms with E-state index in [0.29, 0.717) is 56.2 Å². The van der Waals surface area contributed by atoms with Crippen molar-refractivity contribution in [3.63, 3.8) is 0 Å². The largest absolute Gasteiger partial charge is 0.493 e. The molecule has 0 aliphatic rings. The molecular weight excluding hydrogens is 1030 g/mol. The van der Waals surface area contributed by atoms with Gasteiger partial charge < -0.3 is 55.2 Å².